The summed E-state index contributed by atoms with van der Waals surface area (Å²) in [7, 11) is 3.56. The van der Waals surface area contributed by atoms with E-state index in [4.69, 9.17) is 4.74 Å². The average molecular weight is 327 g/mol. The molecule has 1 aliphatic carbocycles. The molecule has 5 heteroatoms. The Labute approximate surface area is 143 Å². The second-order valence-electron chi connectivity index (χ2n) is 6.53. The summed E-state index contributed by atoms with van der Waals surface area (Å²) in [5, 5.41) is 7.43. The minimum absolute atomic E-state index is 0.0289. The molecule has 1 heterocycles. The monoisotopic (exact) mass is 327 g/mol. The number of fused-ring (bicyclic) bond motifs is 1. The smallest absolute Gasteiger partial charge is 0.255 e. The summed E-state index contributed by atoms with van der Waals surface area (Å²) in [5.41, 5.74) is 5.05. The van der Waals surface area contributed by atoms with Crippen molar-refractivity contribution in [2.24, 2.45) is 7.05 Å². The molecule has 3 rings (SSSR count). The number of nitrogens with zero attached hydrogens (tertiary/aromatic N) is 2. The summed E-state index contributed by atoms with van der Waals surface area (Å²) in [4.78, 5) is 12.6. The fraction of sp³-hybridized carbons (Fsp3) is 0.474. The third-order valence-corrected chi connectivity index (χ3v) is 5.03. The second kappa shape index (κ2) is 6.67. The molecule has 0 saturated heterocycles. The molecule has 1 amide bonds. The van der Waals surface area contributed by atoms with Crippen LogP contribution in [-0.2, 0) is 13.5 Å². The number of aromatic nitrogens is 2. The summed E-state index contributed by atoms with van der Waals surface area (Å²) in [6.45, 7) is 4.47. The van der Waals surface area contributed by atoms with Gasteiger partial charge in [-0.15, -0.1) is 0 Å². The molecule has 128 valence electrons. The third-order valence-electron chi connectivity index (χ3n) is 5.03. The van der Waals surface area contributed by atoms with E-state index in [1.165, 1.54) is 11.1 Å². The van der Waals surface area contributed by atoms with Crippen molar-refractivity contribution >= 4 is 5.91 Å². The molecule has 5 nitrogen and oxygen atoms in total. The van der Waals surface area contributed by atoms with Gasteiger partial charge < -0.3 is 10.1 Å². The van der Waals surface area contributed by atoms with Crippen LogP contribution in [0.25, 0.3) is 0 Å². The largest absolute Gasteiger partial charge is 0.497 e. The van der Waals surface area contributed by atoms with Crippen molar-refractivity contribution in [3.05, 3.63) is 46.3 Å². The van der Waals surface area contributed by atoms with Crippen molar-refractivity contribution in [2.45, 2.75) is 39.0 Å². The Bertz CT molecular complexity index is 764. The normalized spacial score (nSPS) is 16.6. The van der Waals surface area contributed by atoms with Crippen LogP contribution >= 0.6 is 0 Å². The molecule has 1 aromatic carbocycles. The first-order valence-electron chi connectivity index (χ1n) is 8.46. The van der Waals surface area contributed by atoms with E-state index in [1.807, 2.05) is 27.0 Å². The van der Waals surface area contributed by atoms with E-state index in [0.717, 1.165) is 36.4 Å². The van der Waals surface area contributed by atoms with Crippen molar-refractivity contribution in [3.8, 4) is 5.75 Å². The maximum absolute atomic E-state index is 12.6. The van der Waals surface area contributed by atoms with Crippen LogP contribution in [0.15, 0.2) is 18.2 Å². The van der Waals surface area contributed by atoms with Crippen LogP contribution in [0.3, 0.4) is 0 Å². The number of amides is 1. The van der Waals surface area contributed by atoms with Gasteiger partial charge in [0.05, 0.1) is 18.4 Å². The summed E-state index contributed by atoms with van der Waals surface area (Å²) in [6.07, 6.45) is 3.33. The van der Waals surface area contributed by atoms with Crippen molar-refractivity contribution < 1.29 is 9.53 Å². The first-order chi connectivity index (χ1) is 11.5. The molecule has 0 aliphatic heterocycles. The van der Waals surface area contributed by atoms with Gasteiger partial charge in [-0.1, -0.05) is 6.07 Å². The molecule has 0 radical (unpaired) electrons. The van der Waals surface area contributed by atoms with E-state index in [-0.39, 0.29) is 5.91 Å². The van der Waals surface area contributed by atoms with Crippen molar-refractivity contribution in [2.75, 3.05) is 13.7 Å². The summed E-state index contributed by atoms with van der Waals surface area (Å²) in [5.74, 6) is 1.24. The predicted molar refractivity (Wildman–Crippen MR) is 93.7 cm³/mol. The van der Waals surface area contributed by atoms with Gasteiger partial charge in [0.15, 0.2) is 0 Å². The molecule has 1 atom stereocenters. The number of rotatable bonds is 4. The molecule has 1 aromatic heterocycles. The molecule has 2 aromatic rings. The molecule has 24 heavy (non-hydrogen) atoms. The van der Waals surface area contributed by atoms with E-state index >= 15 is 0 Å². The maximum atomic E-state index is 12.6. The fourth-order valence-corrected chi connectivity index (χ4v) is 3.64. The lowest BCUT2D eigenvalue weighted by molar-refractivity contribution is 0.0949. The van der Waals surface area contributed by atoms with Crippen LogP contribution in [0.1, 0.15) is 51.6 Å². The van der Waals surface area contributed by atoms with Crippen molar-refractivity contribution in [1.82, 2.24) is 15.1 Å². The van der Waals surface area contributed by atoms with Gasteiger partial charge in [-0.2, -0.15) is 5.10 Å². The van der Waals surface area contributed by atoms with Crippen molar-refractivity contribution in [3.63, 3.8) is 0 Å². The maximum Gasteiger partial charge on any atom is 0.255 e. The van der Waals surface area contributed by atoms with E-state index in [2.05, 4.69) is 22.5 Å². The number of nitrogens with one attached hydrogen (secondary N) is 1. The minimum Gasteiger partial charge on any atom is -0.497 e. The molecule has 0 bridgehead atoms. The Kier molecular flexibility index (Phi) is 4.60. The van der Waals surface area contributed by atoms with Crippen LogP contribution in [0.5, 0.6) is 5.75 Å². The zero-order chi connectivity index (χ0) is 17.3. The van der Waals surface area contributed by atoms with Gasteiger partial charge in [-0.25, -0.2) is 0 Å². The number of hydrogen-bond acceptors (Lipinski definition) is 3. The Balaban J connectivity index is 1.73. The van der Waals surface area contributed by atoms with Gasteiger partial charge in [-0.3, -0.25) is 9.48 Å². The Hall–Kier alpha value is -2.30. The summed E-state index contributed by atoms with van der Waals surface area (Å²) in [6, 6.07) is 6.28. The van der Waals surface area contributed by atoms with Crippen molar-refractivity contribution in [1.29, 1.82) is 0 Å². The van der Waals surface area contributed by atoms with E-state index in [9.17, 15) is 4.79 Å². The number of carbonyl (C=O) groups is 1. The molecule has 1 N–H and O–H groups in total. The predicted octanol–water partition coefficient (Wildman–Crippen LogP) is 2.90. The summed E-state index contributed by atoms with van der Waals surface area (Å²) >= 11 is 0. The van der Waals surface area contributed by atoms with Crippen LogP contribution in [0.2, 0.25) is 0 Å². The lowest BCUT2D eigenvalue weighted by Gasteiger charge is -2.26. The van der Waals surface area contributed by atoms with Gasteiger partial charge in [0.2, 0.25) is 0 Å². The number of carbonyl (C=O) groups excluding carboxylic acids is 1. The number of ether oxygens (including phenoxy) is 1. The van der Waals surface area contributed by atoms with Gasteiger partial charge in [0.1, 0.15) is 5.75 Å². The molecule has 1 aliphatic rings. The SMILES string of the molecule is COc1ccc2c(c1)CCC[C@H]2CNC(=O)c1c(C)nn(C)c1C. The zero-order valence-electron chi connectivity index (χ0n) is 14.8. The highest BCUT2D eigenvalue weighted by Gasteiger charge is 2.23. The highest BCUT2D eigenvalue weighted by Crippen LogP contribution is 2.33. The topological polar surface area (TPSA) is 56.1 Å². The number of aryl methyl sites for hydroxylation is 3. The first kappa shape index (κ1) is 16.6. The molecule has 0 spiro atoms. The van der Waals surface area contributed by atoms with E-state index in [1.54, 1.807) is 11.8 Å². The van der Waals surface area contributed by atoms with E-state index in [0.29, 0.717) is 18.0 Å². The lowest BCUT2D eigenvalue weighted by Crippen LogP contribution is -2.30. The fourth-order valence-electron chi connectivity index (χ4n) is 3.64. The van der Waals surface area contributed by atoms with Gasteiger partial charge in [-0.05, 0) is 56.4 Å². The van der Waals surface area contributed by atoms with Gasteiger partial charge >= 0.3 is 0 Å². The Morgan fingerprint density at radius 2 is 2.21 bits per heavy atom. The molecule has 0 saturated carbocycles. The van der Waals surface area contributed by atoms with Crippen LogP contribution in [0.4, 0.5) is 0 Å². The minimum atomic E-state index is -0.0289. The first-order valence-corrected chi connectivity index (χ1v) is 8.46. The molecule has 0 fully saturated rings. The Morgan fingerprint density at radius 1 is 1.42 bits per heavy atom. The highest BCUT2D eigenvalue weighted by atomic mass is 16.5. The quantitative estimate of drug-likeness (QED) is 0.939. The molecule has 0 unspecified atom stereocenters. The molecular formula is C19H25N3O2. The number of hydrogen-bond donors (Lipinski definition) is 1. The van der Waals surface area contributed by atoms with Gasteiger partial charge in [0.25, 0.3) is 5.91 Å². The highest BCUT2D eigenvalue weighted by molar-refractivity contribution is 5.96. The third kappa shape index (κ3) is 3.03. The number of benzene rings is 1. The van der Waals surface area contributed by atoms with E-state index < -0.39 is 0 Å². The lowest BCUT2D eigenvalue weighted by atomic mass is 9.82. The zero-order valence-corrected chi connectivity index (χ0v) is 14.8. The van der Waals surface area contributed by atoms with Gasteiger partial charge in [0, 0.05) is 25.2 Å². The van der Waals surface area contributed by atoms with Crippen LogP contribution in [-0.4, -0.2) is 29.3 Å². The molecular weight excluding hydrogens is 302 g/mol. The Morgan fingerprint density at radius 3 is 2.88 bits per heavy atom. The number of methoxy groups -OCH3 is 1. The van der Waals surface area contributed by atoms with Crippen LogP contribution in [0, 0.1) is 13.8 Å². The average Bonchev–Trinajstić information content (AvgIpc) is 2.84. The second-order valence-corrected chi connectivity index (χ2v) is 6.53. The summed E-state index contributed by atoms with van der Waals surface area (Å²) < 4.78 is 7.08. The standard InChI is InChI=1S/C19H25N3O2/c1-12-18(13(2)22(3)21-12)19(23)20-11-15-7-5-6-14-10-16(24-4)8-9-17(14)15/h8-10,15H,5-7,11H2,1-4H3,(H,20,23)/t15-/m0/s1. The van der Waals surface area contributed by atoms with Crippen LogP contribution < -0.4 is 10.1 Å².